The maximum atomic E-state index is 11.5. The summed E-state index contributed by atoms with van der Waals surface area (Å²) in [4.78, 5) is 12.9. The van der Waals surface area contributed by atoms with Crippen molar-refractivity contribution in [3.8, 4) is 5.75 Å². The second-order valence-electron chi connectivity index (χ2n) is 4.22. The minimum atomic E-state index is -0.389. The van der Waals surface area contributed by atoms with Crippen molar-refractivity contribution in [2.45, 2.75) is 6.10 Å². The predicted octanol–water partition coefficient (Wildman–Crippen LogP) is 1.93. The smallest absolute Gasteiger partial charge is 0.419 e. The van der Waals surface area contributed by atoms with Gasteiger partial charge in [-0.25, -0.2) is 9.69 Å². The van der Waals surface area contributed by atoms with Gasteiger partial charge in [-0.2, -0.15) is 0 Å². The average molecular weight is 247 g/mol. The molecule has 1 unspecified atom stereocenters. The Balaban J connectivity index is 1.69. The van der Waals surface area contributed by atoms with Gasteiger partial charge in [-0.15, -0.1) is 0 Å². The van der Waals surface area contributed by atoms with Crippen LogP contribution < -0.4 is 9.64 Å². The maximum absolute atomic E-state index is 11.5. The van der Waals surface area contributed by atoms with E-state index in [1.54, 1.807) is 12.1 Å². The fourth-order valence-electron chi connectivity index (χ4n) is 1.74. The first-order chi connectivity index (χ1) is 8.74. The molecule has 0 aromatic heterocycles. The van der Waals surface area contributed by atoms with Gasteiger partial charge in [0.25, 0.3) is 0 Å². The summed E-state index contributed by atoms with van der Waals surface area (Å²) in [5.41, 5.74) is 1.37. The van der Waals surface area contributed by atoms with Crippen LogP contribution in [0.4, 0.5) is 10.5 Å². The van der Waals surface area contributed by atoms with E-state index >= 15 is 0 Å². The Morgan fingerprint density at radius 2 is 2.11 bits per heavy atom. The highest BCUT2D eigenvalue weighted by molar-refractivity contribution is 5.93. The molecule has 1 amide bonds. The third-order valence-electron chi connectivity index (χ3n) is 2.79. The molecule has 0 spiro atoms. The lowest BCUT2D eigenvalue weighted by molar-refractivity contribution is 0.182. The Labute approximate surface area is 105 Å². The zero-order valence-corrected chi connectivity index (χ0v) is 9.80. The van der Waals surface area contributed by atoms with Crippen molar-refractivity contribution in [2.75, 3.05) is 24.7 Å². The van der Waals surface area contributed by atoms with Crippen molar-refractivity contribution in [3.63, 3.8) is 0 Å². The normalized spacial score (nSPS) is 22.0. The Morgan fingerprint density at radius 3 is 2.67 bits per heavy atom. The molecule has 1 aromatic rings. The molecule has 1 atom stereocenters. The lowest BCUT2D eigenvalue weighted by Crippen LogP contribution is -2.21. The highest BCUT2D eigenvalue weighted by Gasteiger charge is 2.27. The molecule has 0 aliphatic carbocycles. The molecule has 2 heterocycles. The van der Waals surface area contributed by atoms with Crippen molar-refractivity contribution < 1.29 is 19.0 Å². The van der Waals surface area contributed by atoms with Crippen LogP contribution in [0.5, 0.6) is 5.75 Å². The first-order valence-corrected chi connectivity index (χ1v) is 5.73. The van der Waals surface area contributed by atoms with Crippen LogP contribution in [-0.4, -0.2) is 32.0 Å². The van der Waals surface area contributed by atoms with Gasteiger partial charge in [-0.3, -0.25) is 0 Å². The molecular weight excluding hydrogens is 234 g/mol. The minimum absolute atomic E-state index is 0.234. The Hall–Kier alpha value is -2.01. The quantitative estimate of drug-likeness (QED) is 0.763. The fourth-order valence-corrected chi connectivity index (χ4v) is 1.74. The van der Waals surface area contributed by atoms with Gasteiger partial charge in [0.15, 0.2) is 0 Å². The predicted molar refractivity (Wildman–Crippen MR) is 64.6 cm³/mol. The summed E-state index contributed by atoms with van der Waals surface area (Å²) < 4.78 is 15.5. The number of anilines is 1. The standard InChI is InChI=1S/C13H13NO4/c1-9-6-18-13(15)14(9)10-2-4-11(5-3-10)16-7-12-8-17-12/h2-5,12H,1,6-8H2. The molecule has 18 heavy (non-hydrogen) atoms. The summed E-state index contributed by atoms with van der Waals surface area (Å²) in [7, 11) is 0. The summed E-state index contributed by atoms with van der Waals surface area (Å²) in [5.74, 6) is 0.757. The fraction of sp³-hybridized carbons (Fsp3) is 0.308. The lowest BCUT2D eigenvalue weighted by atomic mass is 10.2. The number of hydrogen-bond acceptors (Lipinski definition) is 4. The molecule has 5 nitrogen and oxygen atoms in total. The van der Waals surface area contributed by atoms with E-state index in [1.165, 1.54) is 4.90 Å². The third-order valence-corrected chi connectivity index (χ3v) is 2.79. The molecule has 0 N–H and O–H groups in total. The molecule has 1 aromatic carbocycles. The Morgan fingerprint density at radius 1 is 1.39 bits per heavy atom. The number of rotatable bonds is 4. The largest absolute Gasteiger partial charge is 0.491 e. The van der Waals surface area contributed by atoms with E-state index in [1.807, 2.05) is 12.1 Å². The second kappa shape index (κ2) is 4.34. The number of ether oxygens (including phenoxy) is 3. The number of amides is 1. The van der Waals surface area contributed by atoms with E-state index in [-0.39, 0.29) is 18.8 Å². The van der Waals surface area contributed by atoms with Crippen LogP contribution in [0.2, 0.25) is 0 Å². The van der Waals surface area contributed by atoms with E-state index < -0.39 is 0 Å². The Bertz CT molecular complexity index is 462. The number of carbonyl (C=O) groups is 1. The van der Waals surface area contributed by atoms with Gasteiger partial charge < -0.3 is 14.2 Å². The number of nitrogens with zero attached hydrogens (tertiary/aromatic N) is 1. The van der Waals surface area contributed by atoms with Crippen LogP contribution in [0.3, 0.4) is 0 Å². The highest BCUT2D eigenvalue weighted by atomic mass is 16.6. The van der Waals surface area contributed by atoms with E-state index in [4.69, 9.17) is 14.2 Å². The van der Waals surface area contributed by atoms with Crippen LogP contribution in [0.15, 0.2) is 36.5 Å². The summed E-state index contributed by atoms with van der Waals surface area (Å²) in [6, 6.07) is 7.24. The van der Waals surface area contributed by atoms with Crippen molar-refractivity contribution in [3.05, 3.63) is 36.5 Å². The van der Waals surface area contributed by atoms with Gasteiger partial charge in [-0.1, -0.05) is 6.58 Å². The van der Waals surface area contributed by atoms with Crippen LogP contribution in [0.1, 0.15) is 0 Å². The summed E-state index contributed by atoms with van der Waals surface area (Å²) in [6.07, 6.45) is -0.155. The lowest BCUT2D eigenvalue weighted by Gasteiger charge is -2.14. The highest BCUT2D eigenvalue weighted by Crippen LogP contribution is 2.26. The first kappa shape index (κ1) is 11.1. The molecule has 2 saturated heterocycles. The van der Waals surface area contributed by atoms with Crippen molar-refractivity contribution in [1.29, 1.82) is 0 Å². The van der Waals surface area contributed by atoms with Gasteiger partial charge in [0.05, 0.1) is 18.0 Å². The van der Waals surface area contributed by atoms with E-state index in [0.29, 0.717) is 12.3 Å². The van der Waals surface area contributed by atoms with Gasteiger partial charge in [0.2, 0.25) is 0 Å². The molecule has 0 radical (unpaired) electrons. The van der Waals surface area contributed by atoms with Crippen LogP contribution in [0, 0.1) is 0 Å². The van der Waals surface area contributed by atoms with E-state index in [9.17, 15) is 4.79 Å². The van der Waals surface area contributed by atoms with Crippen molar-refractivity contribution in [1.82, 2.24) is 0 Å². The van der Waals surface area contributed by atoms with Crippen LogP contribution >= 0.6 is 0 Å². The molecule has 94 valence electrons. The maximum Gasteiger partial charge on any atom is 0.419 e. The Kier molecular flexibility index (Phi) is 2.68. The van der Waals surface area contributed by atoms with Gasteiger partial charge in [-0.05, 0) is 24.3 Å². The molecule has 3 rings (SSSR count). The van der Waals surface area contributed by atoms with Crippen LogP contribution in [0.25, 0.3) is 0 Å². The van der Waals surface area contributed by atoms with Crippen molar-refractivity contribution >= 4 is 11.8 Å². The number of epoxide rings is 1. The molecular formula is C13H13NO4. The van der Waals surface area contributed by atoms with E-state index in [0.717, 1.165) is 18.0 Å². The van der Waals surface area contributed by atoms with Crippen molar-refractivity contribution in [2.24, 2.45) is 0 Å². The van der Waals surface area contributed by atoms with Gasteiger partial charge in [0.1, 0.15) is 25.1 Å². The minimum Gasteiger partial charge on any atom is -0.491 e. The van der Waals surface area contributed by atoms with Gasteiger partial charge >= 0.3 is 6.09 Å². The monoisotopic (exact) mass is 247 g/mol. The molecule has 0 bridgehead atoms. The number of carbonyl (C=O) groups excluding carboxylic acids is 1. The topological polar surface area (TPSA) is 51.3 Å². The zero-order chi connectivity index (χ0) is 12.5. The molecule has 2 fully saturated rings. The number of hydrogen-bond donors (Lipinski definition) is 0. The molecule has 5 heteroatoms. The average Bonchev–Trinajstić information content (AvgIpc) is 3.14. The summed E-state index contributed by atoms with van der Waals surface area (Å²) in [6.45, 7) is 5.37. The first-order valence-electron chi connectivity index (χ1n) is 5.73. The van der Waals surface area contributed by atoms with Gasteiger partial charge in [0, 0.05) is 0 Å². The molecule has 0 saturated carbocycles. The summed E-state index contributed by atoms with van der Waals surface area (Å²) >= 11 is 0. The zero-order valence-electron chi connectivity index (χ0n) is 9.80. The van der Waals surface area contributed by atoms with E-state index in [2.05, 4.69) is 6.58 Å². The third kappa shape index (κ3) is 2.17. The second-order valence-corrected chi connectivity index (χ2v) is 4.22. The number of cyclic esters (lactones) is 1. The van der Waals surface area contributed by atoms with Crippen LogP contribution in [-0.2, 0) is 9.47 Å². The molecule has 2 aliphatic rings. The number of benzene rings is 1. The SMILES string of the molecule is C=C1COC(=O)N1c1ccc(OCC2CO2)cc1. The molecule has 2 aliphatic heterocycles. The summed E-state index contributed by atoms with van der Waals surface area (Å²) in [5, 5.41) is 0.